The summed E-state index contributed by atoms with van der Waals surface area (Å²) in [6, 6.07) is 4.97. The lowest BCUT2D eigenvalue weighted by Gasteiger charge is -2.25. The molecule has 0 heterocycles. The maximum absolute atomic E-state index is 10.8. The van der Waals surface area contributed by atoms with E-state index in [1.165, 1.54) is 31.7 Å². The molecule has 1 aromatic rings. The molecule has 1 saturated carbocycles. The lowest BCUT2D eigenvalue weighted by molar-refractivity contribution is 0.0697. The highest BCUT2D eigenvalue weighted by Gasteiger charge is 2.16. The summed E-state index contributed by atoms with van der Waals surface area (Å²) < 4.78 is 0. The van der Waals surface area contributed by atoms with Crippen molar-refractivity contribution < 1.29 is 9.90 Å². The molecule has 92 valence electrons. The van der Waals surface area contributed by atoms with Gasteiger partial charge in [0.25, 0.3) is 0 Å². The van der Waals surface area contributed by atoms with Gasteiger partial charge in [0.15, 0.2) is 0 Å². The van der Waals surface area contributed by atoms with E-state index in [2.05, 4.69) is 5.32 Å². The van der Waals surface area contributed by atoms with Crippen molar-refractivity contribution in [2.24, 2.45) is 5.92 Å². The SMILES string of the molecule is O=C(O)c1ccc(NCCC2CCC2)cc1Cl. The number of carboxylic acid groups (broad SMARTS) is 1. The predicted octanol–water partition coefficient (Wildman–Crippen LogP) is 3.64. The van der Waals surface area contributed by atoms with Crippen LogP contribution >= 0.6 is 11.6 Å². The number of anilines is 1. The highest BCUT2D eigenvalue weighted by atomic mass is 35.5. The summed E-state index contributed by atoms with van der Waals surface area (Å²) in [4.78, 5) is 10.8. The largest absolute Gasteiger partial charge is 0.478 e. The number of carbonyl (C=O) groups is 1. The zero-order chi connectivity index (χ0) is 12.3. The zero-order valence-electron chi connectivity index (χ0n) is 9.58. The van der Waals surface area contributed by atoms with Crippen LogP contribution in [0.25, 0.3) is 0 Å². The van der Waals surface area contributed by atoms with Gasteiger partial charge < -0.3 is 10.4 Å². The number of rotatable bonds is 5. The molecule has 1 aliphatic rings. The molecule has 1 fully saturated rings. The van der Waals surface area contributed by atoms with E-state index in [0.717, 1.165) is 18.2 Å². The molecule has 0 amide bonds. The van der Waals surface area contributed by atoms with Gasteiger partial charge in [-0.2, -0.15) is 0 Å². The van der Waals surface area contributed by atoms with Gasteiger partial charge in [-0.1, -0.05) is 30.9 Å². The Kier molecular flexibility index (Phi) is 3.89. The smallest absolute Gasteiger partial charge is 0.337 e. The molecule has 0 atom stereocenters. The highest BCUT2D eigenvalue weighted by molar-refractivity contribution is 6.33. The molecular formula is C13H16ClNO2. The van der Waals surface area contributed by atoms with Crippen molar-refractivity contribution >= 4 is 23.3 Å². The Morgan fingerprint density at radius 3 is 2.76 bits per heavy atom. The summed E-state index contributed by atoms with van der Waals surface area (Å²) in [6.07, 6.45) is 5.24. The molecule has 2 rings (SSSR count). The normalized spacial score (nSPS) is 15.4. The summed E-state index contributed by atoms with van der Waals surface area (Å²) in [5, 5.41) is 12.4. The van der Waals surface area contributed by atoms with E-state index in [-0.39, 0.29) is 10.6 Å². The maximum Gasteiger partial charge on any atom is 0.337 e. The highest BCUT2D eigenvalue weighted by Crippen LogP contribution is 2.29. The topological polar surface area (TPSA) is 49.3 Å². The van der Waals surface area contributed by atoms with Crippen LogP contribution in [0, 0.1) is 5.92 Å². The first-order chi connectivity index (χ1) is 8.16. The molecule has 2 N–H and O–H groups in total. The van der Waals surface area contributed by atoms with E-state index in [1.807, 2.05) is 0 Å². The van der Waals surface area contributed by atoms with Crippen LogP contribution in [-0.2, 0) is 0 Å². The minimum absolute atomic E-state index is 0.149. The third-order valence-electron chi connectivity index (χ3n) is 3.31. The standard InChI is InChI=1S/C13H16ClNO2/c14-12-8-10(4-5-11(12)13(16)17)15-7-6-9-2-1-3-9/h4-5,8-9,15H,1-3,6-7H2,(H,16,17). The lowest BCUT2D eigenvalue weighted by atomic mass is 9.83. The Morgan fingerprint density at radius 2 is 2.24 bits per heavy atom. The van der Waals surface area contributed by atoms with Gasteiger partial charge in [0.05, 0.1) is 10.6 Å². The molecule has 0 bridgehead atoms. The Balaban J connectivity index is 1.88. The molecule has 0 aromatic heterocycles. The van der Waals surface area contributed by atoms with Crippen molar-refractivity contribution in [1.82, 2.24) is 0 Å². The number of benzene rings is 1. The van der Waals surface area contributed by atoms with Gasteiger partial charge in [0.1, 0.15) is 0 Å². The van der Waals surface area contributed by atoms with Gasteiger partial charge in [-0.3, -0.25) is 0 Å². The second kappa shape index (κ2) is 5.41. The summed E-state index contributed by atoms with van der Waals surface area (Å²) >= 11 is 5.88. The van der Waals surface area contributed by atoms with Crippen molar-refractivity contribution in [3.63, 3.8) is 0 Å². The van der Waals surface area contributed by atoms with Gasteiger partial charge in [-0.15, -0.1) is 0 Å². The zero-order valence-corrected chi connectivity index (χ0v) is 10.3. The van der Waals surface area contributed by atoms with Gasteiger partial charge >= 0.3 is 5.97 Å². The molecule has 0 aliphatic heterocycles. The molecule has 3 nitrogen and oxygen atoms in total. The molecule has 0 unspecified atom stereocenters. The third kappa shape index (κ3) is 3.13. The van der Waals surface area contributed by atoms with Crippen LogP contribution in [0.4, 0.5) is 5.69 Å². The Labute approximate surface area is 106 Å². The number of carboxylic acids is 1. The fourth-order valence-corrected chi connectivity index (χ4v) is 2.26. The second-order valence-electron chi connectivity index (χ2n) is 4.51. The van der Waals surface area contributed by atoms with Crippen LogP contribution in [0.3, 0.4) is 0 Å². The maximum atomic E-state index is 10.8. The summed E-state index contributed by atoms with van der Waals surface area (Å²) in [7, 11) is 0. The lowest BCUT2D eigenvalue weighted by Crippen LogP contribution is -2.15. The van der Waals surface area contributed by atoms with Crippen molar-refractivity contribution in [1.29, 1.82) is 0 Å². The number of nitrogens with one attached hydrogen (secondary N) is 1. The van der Waals surface area contributed by atoms with Crippen LogP contribution in [0.5, 0.6) is 0 Å². The number of aromatic carboxylic acids is 1. The molecule has 0 radical (unpaired) electrons. The summed E-state index contributed by atoms with van der Waals surface area (Å²) in [5.74, 6) is -0.118. The first-order valence-electron chi connectivity index (χ1n) is 5.93. The van der Waals surface area contributed by atoms with Gasteiger partial charge in [-0.05, 0) is 30.5 Å². The van der Waals surface area contributed by atoms with Gasteiger partial charge in [-0.25, -0.2) is 4.79 Å². The summed E-state index contributed by atoms with van der Waals surface area (Å²) in [6.45, 7) is 0.924. The van der Waals surface area contributed by atoms with E-state index >= 15 is 0 Å². The van der Waals surface area contributed by atoms with Crippen LogP contribution in [0.15, 0.2) is 18.2 Å². The minimum atomic E-state index is -0.990. The quantitative estimate of drug-likeness (QED) is 0.842. The van der Waals surface area contributed by atoms with Crippen molar-refractivity contribution in [3.05, 3.63) is 28.8 Å². The van der Waals surface area contributed by atoms with Crippen molar-refractivity contribution in [3.8, 4) is 0 Å². The van der Waals surface area contributed by atoms with Crippen LogP contribution in [0.2, 0.25) is 5.02 Å². The molecule has 0 saturated heterocycles. The number of halogens is 1. The fourth-order valence-electron chi connectivity index (χ4n) is 2.00. The Bertz CT molecular complexity index is 416. The third-order valence-corrected chi connectivity index (χ3v) is 3.62. The van der Waals surface area contributed by atoms with E-state index in [0.29, 0.717) is 0 Å². The van der Waals surface area contributed by atoms with E-state index < -0.39 is 5.97 Å². The van der Waals surface area contributed by atoms with Crippen LogP contribution < -0.4 is 5.32 Å². The molecule has 4 heteroatoms. The first kappa shape index (κ1) is 12.2. The fraction of sp³-hybridized carbons (Fsp3) is 0.462. The molecule has 1 aromatic carbocycles. The van der Waals surface area contributed by atoms with E-state index in [9.17, 15) is 4.79 Å². The van der Waals surface area contributed by atoms with E-state index in [4.69, 9.17) is 16.7 Å². The van der Waals surface area contributed by atoms with Crippen LogP contribution in [0.1, 0.15) is 36.0 Å². The van der Waals surface area contributed by atoms with Gasteiger partial charge in [0, 0.05) is 12.2 Å². The van der Waals surface area contributed by atoms with Crippen molar-refractivity contribution in [2.45, 2.75) is 25.7 Å². The van der Waals surface area contributed by atoms with E-state index in [1.54, 1.807) is 12.1 Å². The monoisotopic (exact) mass is 253 g/mol. The average molecular weight is 254 g/mol. The minimum Gasteiger partial charge on any atom is -0.478 e. The first-order valence-corrected chi connectivity index (χ1v) is 6.31. The summed E-state index contributed by atoms with van der Waals surface area (Å²) in [5.41, 5.74) is 1.04. The Morgan fingerprint density at radius 1 is 1.47 bits per heavy atom. The Hall–Kier alpha value is -1.22. The number of hydrogen-bond acceptors (Lipinski definition) is 2. The predicted molar refractivity (Wildman–Crippen MR) is 68.9 cm³/mol. The molecule has 1 aliphatic carbocycles. The second-order valence-corrected chi connectivity index (χ2v) is 4.92. The molecule has 0 spiro atoms. The van der Waals surface area contributed by atoms with Crippen LogP contribution in [-0.4, -0.2) is 17.6 Å². The average Bonchev–Trinajstić information content (AvgIpc) is 2.21. The number of hydrogen-bond donors (Lipinski definition) is 2. The van der Waals surface area contributed by atoms with Gasteiger partial charge in [0.2, 0.25) is 0 Å². The molecular weight excluding hydrogens is 238 g/mol. The van der Waals surface area contributed by atoms with Crippen molar-refractivity contribution in [2.75, 3.05) is 11.9 Å². The molecule has 17 heavy (non-hydrogen) atoms.